The molecule has 0 atom stereocenters. The van der Waals surface area contributed by atoms with Gasteiger partial charge in [0.05, 0.1) is 25.6 Å². The molecule has 0 aliphatic rings. The third-order valence-corrected chi connectivity index (χ3v) is 3.31. The van der Waals surface area contributed by atoms with E-state index in [1.807, 2.05) is 24.3 Å². The topological polar surface area (TPSA) is 71.5 Å². The number of furan rings is 2. The fourth-order valence-corrected chi connectivity index (χ4v) is 2.17. The third kappa shape index (κ3) is 4.23. The molecule has 0 aromatic carbocycles. The summed E-state index contributed by atoms with van der Waals surface area (Å²) < 4.78 is 10.7. The number of nitrogens with zero attached hydrogens (tertiary/aromatic N) is 2. The Balaban J connectivity index is 1.65. The molecule has 0 aliphatic carbocycles. The van der Waals surface area contributed by atoms with Crippen molar-refractivity contribution in [1.29, 1.82) is 0 Å². The zero-order chi connectivity index (χ0) is 15.9. The number of rotatable bonds is 6. The minimum absolute atomic E-state index is 0.193. The van der Waals surface area contributed by atoms with Gasteiger partial charge in [-0.3, -0.25) is 4.98 Å². The number of aromatic nitrogens is 1. The SMILES string of the molecule is O=C(NCc1cccnc1)N(Cc1ccco1)Cc1ccco1. The van der Waals surface area contributed by atoms with E-state index in [9.17, 15) is 4.79 Å². The maximum Gasteiger partial charge on any atom is 0.318 e. The molecule has 0 aliphatic heterocycles. The molecule has 6 nitrogen and oxygen atoms in total. The predicted octanol–water partition coefficient (Wildman–Crippen LogP) is 3.18. The van der Waals surface area contributed by atoms with Gasteiger partial charge in [-0.05, 0) is 35.9 Å². The summed E-state index contributed by atoms with van der Waals surface area (Å²) in [7, 11) is 0. The largest absolute Gasteiger partial charge is 0.467 e. The van der Waals surface area contributed by atoms with Crippen molar-refractivity contribution in [3.8, 4) is 0 Å². The molecule has 0 radical (unpaired) electrons. The predicted molar refractivity (Wildman–Crippen MR) is 83.1 cm³/mol. The van der Waals surface area contributed by atoms with Gasteiger partial charge < -0.3 is 19.1 Å². The number of carbonyl (C=O) groups is 1. The van der Waals surface area contributed by atoms with Crippen LogP contribution in [0.5, 0.6) is 0 Å². The van der Waals surface area contributed by atoms with Crippen LogP contribution < -0.4 is 5.32 Å². The van der Waals surface area contributed by atoms with Gasteiger partial charge in [0.2, 0.25) is 0 Å². The number of urea groups is 1. The molecule has 23 heavy (non-hydrogen) atoms. The Bertz CT molecular complexity index is 673. The Kier molecular flexibility index (Phi) is 4.73. The highest BCUT2D eigenvalue weighted by Gasteiger charge is 2.16. The minimum atomic E-state index is -0.193. The first kappa shape index (κ1) is 14.9. The van der Waals surface area contributed by atoms with Crippen LogP contribution in [-0.2, 0) is 19.6 Å². The fourth-order valence-electron chi connectivity index (χ4n) is 2.17. The molecule has 2 amide bonds. The van der Waals surface area contributed by atoms with Gasteiger partial charge in [0.25, 0.3) is 0 Å². The van der Waals surface area contributed by atoms with Gasteiger partial charge in [0.1, 0.15) is 11.5 Å². The van der Waals surface area contributed by atoms with Crippen LogP contribution in [0.2, 0.25) is 0 Å². The van der Waals surface area contributed by atoms with Gasteiger partial charge in [-0.25, -0.2) is 4.79 Å². The maximum atomic E-state index is 12.5. The summed E-state index contributed by atoms with van der Waals surface area (Å²) >= 11 is 0. The monoisotopic (exact) mass is 311 g/mol. The Morgan fingerprint density at radius 2 is 1.74 bits per heavy atom. The molecule has 0 saturated heterocycles. The van der Waals surface area contributed by atoms with Crippen LogP contribution in [0.25, 0.3) is 0 Å². The number of carbonyl (C=O) groups excluding carboxylic acids is 1. The average Bonchev–Trinajstić information content (AvgIpc) is 3.27. The molecule has 3 rings (SSSR count). The van der Waals surface area contributed by atoms with Gasteiger partial charge >= 0.3 is 6.03 Å². The van der Waals surface area contributed by atoms with E-state index in [4.69, 9.17) is 8.83 Å². The van der Waals surface area contributed by atoms with Crippen molar-refractivity contribution in [1.82, 2.24) is 15.2 Å². The van der Waals surface area contributed by atoms with Crippen LogP contribution in [0, 0.1) is 0 Å². The normalized spacial score (nSPS) is 10.4. The lowest BCUT2D eigenvalue weighted by Gasteiger charge is -2.21. The van der Waals surface area contributed by atoms with E-state index in [2.05, 4.69) is 10.3 Å². The first-order chi connectivity index (χ1) is 11.3. The van der Waals surface area contributed by atoms with Gasteiger partial charge in [-0.2, -0.15) is 0 Å². The molecule has 1 N–H and O–H groups in total. The van der Waals surface area contributed by atoms with E-state index < -0.39 is 0 Å². The van der Waals surface area contributed by atoms with Crippen LogP contribution in [0.4, 0.5) is 4.79 Å². The van der Waals surface area contributed by atoms with Gasteiger partial charge in [-0.15, -0.1) is 0 Å². The summed E-state index contributed by atoms with van der Waals surface area (Å²) in [6.07, 6.45) is 6.61. The Morgan fingerprint density at radius 1 is 1.04 bits per heavy atom. The van der Waals surface area contributed by atoms with Crippen LogP contribution in [-0.4, -0.2) is 15.9 Å². The molecule has 6 heteroatoms. The van der Waals surface area contributed by atoms with Crippen molar-refractivity contribution >= 4 is 6.03 Å². The van der Waals surface area contributed by atoms with Crippen molar-refractivity contribution in [2.45, 2.75) is 19.6 Å². The van der Waals surface area contributed by atoms with Crippen molar-refractivity contribution in [3.05, 3.63) is 78.4 Å². The lowest BCUT2D eigenvalue weighted by atomic mass is 10.3. The van der Waals surface area contributed by atoms with Crippen LogP contribution >= 0.6 is 0 Å². The first-order valence-electron chi connectivity index (χ1n) is 7.28. The number of hydrogen-bond donors (Lipinski definition) is 1. The first-order valence-corrected chi connectivity index (χ1v) is 7.28. The molecular weight excluding hydrogens is 294 g/mol. The number of hydrogen-bond acceptors (Lipinski definition) is 4. The summed E-state index contributed by atoms with van der Waals surface area (Å²) in [5.41, 5.74) is 0.941. The number of amides is 2. The van der Waals surface area contributed by atoms with Crippen LogP contribution in [0.15, 0.2) is 70.2 Å². The van der Waals surface area contributed by atoms with E-state index in [0.29, 0.717) is 31.2 Å². The molecular formula is C17H17N3O3. The molecule has 118 valence electrons. The number of pyridine rings is 1. The summed E-state index contributed by atoms with van der Waals surface area (Å²) in [6, 6.07) is 10.8. The maximum absolute atomic E-state index is 12.5. The average molecular weight is 311 g/mol. The van der Waals surface area contributed by atoms with E-state index in [-0.39, 0.29) is 6.03 Å². The Hall–Kier alpha value is -3.02. The van der Waals surface area contributed by atoms with E-state index in [1.165, 1.54) is 0 Å². The van der Waals surface area contributed by atoms with Gasteiger partial charge in [0.15, 0.2) is 0 Å². The summed E-state index contributed by atoms with van der Waals surface area (Å²) in [5, 5.41) is 2.89. The van der Waals surface area contributed by atoms with Gasteiger partial charge in [0, 0.05) is 18.9 Å². The molecule has 0 spiro atoms. The summed E-state index contributed by atoms with van der Waals surface area (Å²) in [6.45, 7) is 1.15. The molecule has 0 saturated carbocycles. The van der Waals surface area contributed by atoms with Gasteiger partial charge in [-0.1, -0.05) is 6.07 Å². The molecule has 3 aromatic heterocycles. The lowest BCUT2D eigenvalue weighted by Crippen LogP contribution is -2.38. The van der Waals surface area contributed by atoms with E-state index in [0.717, 1.165) is 5.56 Å². The molecule has 0 unspecified atom stereocenters. The molecule has 3 aromatic rings. The Labute approximate surface area is 133 Å². The van der Waals surface area contributed by atoms with Crippen molar-refractivity contribution in [3.63, 3.8) is 0 Å². The lowest BCUT2D eigenvalue weighted by molar-refractivity contribution is 0.181. The Morgan fingerprint density at radius 3 is 2.26 bits per heavy atom. The van der Waals surface area contributed by atoms with Crippen molar-refractivity contribution in [2.24, 2.45) is 0 Å². The van der Waals surface area contributed by atoms with E-state index in [1.54, 1.807) is 42.0 Å². The minimum Gasteiger partial charge on any atom is -0.467 e. The van der Waals surface area contributed by atoms with Crippen molar-refractivity contribution < 1.29 is 13.6 Å². The zero-order valence-electron chi connectivity index (χ0n) is 12.5. The number of nitrogens with one attached hydrogen (secondary N) is 1. The highest BCUT2D eigenvalue weighted by Crippen LogP contribution is 2.11. The molecule has 0 bridgehead atoms. The second kappa shape index (κ2) is 7.31. The highest BCUT2D eigenvalue weighted by atomic mass is 16.3. The quantitative estimate of drug-likeness (QED) is 0.759. The second-order valence-corrected chi connectivity index (χ2v) is 5.03. The molecule has 0 fully saturated rings. The van der Waals surface area contributed by atoms with Crippen LogP contribution in [0.3, 0.4) is 0 Å². The zero-order valence-corrected chi connectivity index (χ0v) is 12.5. The summed E-state index contributed by atoms with van der Waals surface area (Å²) in [5.74, 6) is 1.43. The molecule has 3 heterocycles. The standard InChI is InChI=1S/C17H17N3O3/c21-17(19-11-14-4-1-7-18-10-14)20(12-15-5-2-8-22-15)13-16-6-3-9-23-16/h1-10H,11-13H2,(H,19,21). The van der Waals surface area contributed by atoms with Crippen LogP contribution in [0.1, 0.15) is 17.1 Å². The van der Waals surface area contributed by atoms with E-state index >= 15 is 0 Å². The highest BCUT2D eigenvalue weighted by molar-refractivity contribution is 5.74. The third-order valence-electron chi connectivity index (χ3n) is 3.31. The second-order valence-electron chi connectivity index (χ2n) is 5.03. The summed E-state index contributed by atoms with van der Waals surface area (Å²) in [4.78, 5) is 18.1. The smallest absolute Gasteiger partial charge is 0.318 e. The fraction of sp³-hybridized carbons (Fsp3) is 0.176. The van der Waals surface area contributed by atoms with Crippen molar-refractivity contribution in [2.75, 3.05) is 0 Å².